The molecule has 3 atom stereocenters. The molecule has 1 N–H and O–H groups in total. The van der Waals surface area contributed by atoms with Crippen molar-refractivity contribution in [2.45, 2.75) is 57.2 Å². The maximum atomic E-state index is 12.7. The summed E-state index contributed by atoms with van der Waals surface area (Å²) in [6, 6.07) is 0.0417. The minimum absolute atomic E-state index is 0.0417. The summed E-state index contributed by atoms with van der Waals surface area (Å²) < 4.78 is 27.0. The number of carboxylic acid groups (broad SMARTS) is 1. The third-order valence-corrected chi connectivity index (χ3v) is 6.93. The van der Waals surface area contributed by atoms with Gasteiger partial charge in [0.25, 0.3) is 0 Å². The van der Waals surface area contributed by atoms with Crippen LogP contribution < -0.4 is 0 Å². The van der Waals surface area contributed by atoms with Crippen LogP contribution in [0.2, 0.25) is 0 Å². The Labute approximate surface area is 115 Å². The summed E-state index contributed by atoms with van der Waals surface area (Å²) in [6.45, 7) is 4.61. The molecule has 0 amide bonds. The third-order valence-electron chi connectivity index (χ3n) is 4.50. The maximum absolute atomic E-state index is 12.7. The van der Waals surface area contributed by atoms with E-state index < -0.39 is 27.2 Å². The Balaban J connectivity index is 2.24. The molecule has 5 nitrogen and oxygen atoms in total. The van der Waals surface area contributed by atoms with Crippen molar-refractivity contribution in [2.24, 2.45) is 11.8 Å². The summed E-state index contributed by atoms with van der Waals surface area (Å²) in [6.07, 6.45) is 3.44. The largest absolute Gasteiger partial charge is 0.481 e. The van der Waals surface area contributed by atoms with Crippen molar-refractivity contribution in [1.82, 2.24) is 4.31 Å². The van der Waals surface area contributed by atoms with E-state index in [1.54, 1.807) is 4.31 Å². The fourth-order valence-electron chi connectivity index (χ4n) is 3.49. The molecule has 0 spiro atoms. The van der Waals surface area contributed by atoms with Gasteiger partial charge in [-0.3, -0.25) is 4.79 Å². The number of carboxylic acids is 1. The van der Waals surface area contributed by atoms with E-state index in [9.17, 15) is 18.3 Å². The predicted octanol–water partition coefficient (Wildman–Crippen LogP) is 1.69. The lowest BCUT2D eigenvalue weighted by molar-refractivity contribution is -0.141. The topological polar surface area (TPSA) is 74.7 Å². The quantitative estimate of drug-likeness (QED) is 0.854. The van der Waals surface area contributed by atoms with Crippen LogP contribution in [0.25, 0.3) is 0 Å². The highest BCUT2D eigenvalue weighted by Gasteiger charge is 2.47. The molecule has 0 aromatic carbocycles. The first-order chi connectivity index (χ1) is 8.85. The Morgan fingerprint density at radius 3 is 2.47 bits per heavy atom. The zero-order valence-electron chi connectivity index (χ0n) is 11.6. The fourth-order valence-corrected chi connectivity index (χ4v) is 6.08. The number of sulfonamides is 1. The van der Waals surface area contributed by atoms with Gasteiger partial charge in [-0.2, -0.15) is 4.31 Å². The van der Waals surface area contributed by atoms with Crippen LogP contribution in [-0.4, -0.2) is 41.6 Å². The van der Waals surface area contributed by atoms with Gasteiger partial charge < -0.3 is 5.11 Å². The summed E-state index contributed by atoms with van der Waals surface area (Å²) in [4.78, 5) is 11.2. The van der Waals surface area contributed by atoms with E-state index in [1.165, 1.54) is 0 Å². The summed E-state index contributed by atoms with van der Waals surface area (Å²) in [5.74, 6) is -1.41. The molecule has 3 unspecified atom stereocenters. The first-order valence-corrected chi connectivity index (χ1v) is 8.59. The zero-order valence-corrected chi connectivity index (χ0v) is 12.4. The highest BCUT2D eigenvalue weighted by atomic mass is 32.2. The van der Waals surface area contributed by atoms with Crippen LogP contribution in [0.3, 0.4) is 0 Å². The molecule has 1 saturated carbocycles. The molecule has 0 bridgehead atoms. The van der Waals surface area contributed by atoms with E-state index in [1.807, 2.05) is 13.8 Å². The molecule has 2 fully saturated rings. The maximum Gasteiger partial charge on any atom is 0.307 e. The Kier molecular flexibility index (Phi) is 4.20. The highest BCUT2D eigenvalue weighted by molar-refractivity contribution is 7.89. The van der Waals surface area contributed by atoms with Crippen LogP contribution in [-0.2, 0) is 14.8 Å². The summed E-state index contributed by atoms with van der Waals surface area (Å²) >= 11 is 0. The molecule has 2 rings (SSSR count). The van der Waals surface area contributed by atoms with Crippen molar-refractivity contribution in [3.8, 4) is 0 Å². The molecule has 0 radical (unpaired) electrons. The number of aliphatic carboxylic acids is 1. The van der Waals surface area contributed by atoms with Gasteiger partial charge in [-0.25, -0.2) is 8.42 Å². The molecule has 1 heterocycles. The molecule has 1 aliphatic heterocycles. The molecule has 2 aliphatic rings. The van der Waals surface area contributed by atoms with Gasteiger partial charge in [-0.05, 0) is 31.6 Å². The van der Waals surface area contributed by atoms with E-state index >= 15 is 0 Å². The zero-order chi connectivity index (χ0) is 14.2. The molecule has 19 heavy (non-hydrogen) atoms. The predicted molar refractivity (Wildman–Crippen MR) is 72.3 cm³/mol. The molecule has 0 aromatic rings. The van der Waals surface area contributed by atoms with Crippen LogP contribution in [0.4, 0.5) is 0 Å². The Morgan fingerprint density at radius 2 is 1.89 bits per heavy atom. The van der Waals surface area contributed by atoms with Gasteiger partial charge in [0.2, 0.25) is 10.0 Å². The molecular weight excluding hydrogens is 266 g/mol. The van der Waals surface area contributed by atoms with E-state index in [2.05, 4.69) is 0 Å². The van der Waals surface area contributed by atoms with Crippen molar-refractivity contribution >= 4 is 16.0 Å². The number of nitrogens with zero attached hydrogens (tertiary/aromatic N) is 1. The van der Waals surface area contributed by atoms with Gasteiger partial charge >= 0.3 is 5.97 Å². The number of hydrogen-bond donors (Lipinski definition) is 1. The average Bonchev–Trinajstić information content (AvgIpc) is 2.98. The SMILES string of the molecule is CC(C)C1CCCN1S(=O)(=O)C1CCCC1C(=O)O. The number of carbonyl (C=O) groups is 1. The second-order valence-corrected chi connectivity index (χ2v) is 8.13. The van der Waals surface area contributed by atoms with Gasteiger partial charge in [-0.15, -0.1) is 0 Å². The summed E-state index contributed by atoms with van der Waals surface area (Å²) in [5, 5.41) is 8.46. The van der Waals surface area contributed by atoms with Crippen LogP contribution in [0, 0.1) is 11.8 Å². The lowest BCUT2D eigenvalue weighted by atomic mass is 10.0. The highest BCUT2D eigenvalue weighted by Crippen LogP contribution is 2.37. The van der Waals surface area contributed by atoms with Crippen LogP contribution in [0.1, 0.15) is 46.0 Å². The second kappa shape index (κ2) is 5.40. The first kappa shape index (κ1) is 14.8. The van der Waals surface area contributed by atoms with Gasteiger partial charge in [0.05, 0.1) is 11.2 Å². The van der Waals surface area contributed by atoms with E-state index in [0.717, 1.165) is 12.8 Å². The summed E-state index contributed by atoms with van der Waals surface area (Å²) in [5.41, 5.74) is 0. The smallest absolute Gasteiger partial charge is 0.307 e. The lowest BCUT2D eigenvalue weighted by Crippen LogP contribution is -2.46. The van der Waals surface area contributed by atoms with Crippen molar-refractivity contribution < 1.29 is 18.3 Å². The molecule has 1 aliphatic carbocycles. The van der Waals surface area contributed by atoms with Gasteiger partial charge in [-0.1, -0.05) is 20.3 Å². The molecule has 6 heteroatoms. The second-order valence-electron chi connectivity index (χ2n) is 6.02. The van der Waals surface area contributed by atoms with Gasteiger partial charge in [0, 0.05) is 12.6 Å². The van der Waals surface area contributed by atoms with Crippen molar-refractivity contribution in [3.63, 3.8) is 0 Å². The van der Waals surface area contributed by atoms with Crippen molar-refractivity contribution in [2.75, 3.05) is 6.54 Å². The number of hydrogen-bond acceptors (Lipinski definition) is 3. The first-order valence-electron chi connectivity index (χ1n) is 7.09. The van der Waals surface area contributed by atoms with Gasteiger partial charge in [0.15, 0.2) is 0 Å². The Morgan fingerprint density at radius 1 is 1.21 bits per heavy atom. The minimum atomic E-state index is -3.47. The molecule has 110 valence electrons. The van der Waals surface area contributed by atoms with Crippen LogP contribution in [0.15, 0.2) is 0 Å². The average molecular weight is 289 g/mol. The summed E-state index contributed by atoms with van der Waals surface area (Å²) in [7, 11) is -3.47. The van der Waals surface area contributed by atoms with E-state index in [0.29, 0.717) is 25.8 Å². The molecular formula is C13H23NO4S. The van der Waals surface area contributed by atoms with Crippen LogP contribution >= 0.6 is 0 Å². The Bertz CT molecular complexity index is 446. The van der Waals surface area contributed by atoms with Gasteiger partial charge in [0.1, 0.15) is 0 Å². The van der Waals surface area contributed by atoms with Crippen molar-refractivity contribution in [3.05, 3.63) is 0 Å². The minimum Gasteiger partial charge on any atom is -0.481 e. The fraction of sp³-hybridized carbons (Fsp3) is 0.923. The Hall–Kier alpha value is -0.620. The lowest BCUT2D eigenvalue weighted by Gasteiger charge is -2.30. The normalized spacial score (nSPS) is 33.1. The van der Waals surface area contributed by atoms with Crippen LogP contribution in [0.5, 0.6) is 0 Å². The number of rotatable bonds is 4. The third kappa shape index (κ3) is 2.65. The molecule has 0 aromatic heterocycles. The van der Waals surface area contributed by atoms with E-state index in [-0.39, 0.29) is 12.0 Å². The van der Waals surface area contributed by atoms with Crippen molar-refractivity contribution in [1.29, 1.82) is 0 Å². The monoisotopic (exact) mass is 289 g/mol. The standard InChI is InChI=1S/C13H23NO4S/c1-9(2)11-6-4-8-14(11)19(17,18)12-7-3-5-10(12)13(15)16/h9-12H,3-8H2,1-2H3,(H,15,16). The van der Waals surface area contributed by atoms with E-state index in [4.69, 9.17) is 0 Å². The molecule has 1 saturated heterocycles.